The standard InChI is InChI=1S/C14H14ClN3O/c15-12-7-9-16-13(10-12)18-14(19)17-8-6-11-4-2-1-3-5-11/h1-5,7,9-10H,6,8H2,(H2,16,17,18,19). The van der Waals surface area contributed by atoms with E-state index >= 15 is 0 Å². The fraction of sp³-hybridized carbons (Fsp3) is 0.143. The summed E-state index contributed by atoms with van der Waals surface area (Å²) in [7, 11) is 0. The van der Waals surface area contributed by atoms with E-state index in [9.17, 15) is 4.79 Å². The second-order valence-corrected chi connectivity index (χ2v) is 4.41. The molecule has 4 nitrogen and oxygen atoms in total. The van der Waals surface area contributed by atoms with Gasteiger partial charge in [0.05, 0.1) is 0 Å². The number of aromatic nitrogens is 1. The summed E-state index contributed by atoms with van der Waals surface area (Å²) in [6.45, 7) is 0.566. The highest BCUT2D eigenvalue weighted by atomic mass is 35.5. The van der Waals surface area contributed by atoms with Crippen molar-refractivity contribution in [3.8, 4) is 0 Å². The fourth-order valence-corrected chi connectivity index (χ4v) is 1.76. The second-order valence-electron chi connectivity index (χ2n) is 3.98. The van der Waals surface area contributed by atoms with Crippen molar-refractivity contribution in [3.63, 3.8) is 0 Å². The average Bonchev–Trinajstić information content (AvgIpc) is 2.40. The molecule has 2 N–H and O–H groups in total. The lowest BCUT2D eigenvalue weighted by Crippen LogP contribution is -2.30. The molecular formula is C14H14ClN3O. The van der Waals surface area contributed by atoms with Crippen LogP contribution in [0.1, 0.15) is 5.56 Å². The van der Waals surface area contributed by atoms with E-state index in [1.54, 1.807) is 18.3 Å². The number of nitrogens with zero attached hydrogens (tertiary/aromatic N) is 1. The van der Waals surface area contributed by atoms with Gasteiger partial charge in [0.25, 0.3) is 0 Å². The highest BCUT2D eigenvalue weighted by Gasteiger charge is 2.02. The Morgan fingerprint density at radius 1 is 1.21 bits per heavy atom. The fourth-order valence-electron chi connectivity index (χ4n) is 1.60. The minimum Gasteiger partial charge on any atom is -0.337 e. The van der Waals surface area contributed by atoms with Gasteiger partial charge in [-0.15, -0.1) is 0 Å². The topological polar surface area (TPSA) is 54.0 Å². The molecule has 0 saturated heterocycles. The molecule has 0 spiro atoms. The molecule has 2 aromatic rings. The summed E-state index contributed by atoms with van der Waals surface area (Å²) < 4.78 is 0. The molecule has 1 aromatic carbocycles. The molecule has 0 atom stereocenters. The van der Waals surface area contributed by atoms with Crippen LogP contribution in [-0.2, 0) is 6.42 Å². The number of rotatable bonds is 4. The number of benzene rings is 1. The van der Waals surface area contributed by atoms with E-state index in [1.165, 1.54) is 5.56 Å². The number of anilines is 1. The molecule has 0 unspecified atom stereocenters. The summed E-state index contributed by atoms with van der Waals surface area (Å²) in [6, 6.07) is 12.9. The van der Waals surface area contributed by atoms with Crippen LogP contribution in [0.5, 0.6) is 0 Å². The van der Waals surface area contributed by atoms with Gasteiger partial charge < -0.3 is 5.32 Å². The molecule has 2 rings (SSSR count). The Morgan fingerprint density at radius 3 is 2.74 bits per heavy atom. The SMILES string of the molecule is O=C(NCCc1ccccc1)Nc1cc(Cl)ccn1. The Bertz CT molecular complexity index is 545. The van der Waals surface area contributed by atoms with E-state index < -0.39 is 0 Å². The van der Waals surface area contributed by atoms with Crippen LogP contribution in [0.4, 0.5) is 10.6 Å². The summed E-state index contributed by atoms with van der Waals surface area (Å²) >= 11 is 5.80. The van der Waals surface area contributed by atoms with Crippen LogP contribution in [0, 0.1) is 0 Å². The minimum absolute atomic E-state index is 0.286. The van der Waals surface area contributed by atoms with Crippen molar-refractivity contribution >= 4 is 23.4 Å². The Hall–Kier alpha value is -2.07. The molecule has 5 heteroatoms. The summed E-state index contributed by atoms with van der Waals surface area (Å²) in [5, 5.41) is 5.93. The number of halogens is 1. The predicted molar refractivity (Wildman–Crippen MR) is 76.4 cm³/mol. The maximum absolute atomic E-state index is 11.6. The molecule has 0 aliphatic carbocycles. The maximum Gasteiger partial charge on any atom is 0.320 e. The first-order chi connectivity index (χ1) is 9.24. The van der Waals surface area contributed by atoms with Crippen molar-refractivity contribution < 1.29 is 4.79 Å². The van der Waals surface area contributed by atoms with E-state index in [-0.39, 0.29) is 6.03 Å². The number of amides is 2. The van der Waals surface area contributed by atoms with Gasteiger partial charge >= 0.3 is 6.03 Å². The lowest BCUT2D eigenvalue weighted by molar-refractivity contribution is 0.252. The lowest BCUT2D eigenvalue weighted by Gasteiger charge is -2.07. The quantitative estimate of drug-likeness (QED) is 0.901. The first kappa shape index (κ1) is 13.4. The minimum atomic E-state index is -0.286. The first-order valence-corrected chi connectivity index (χ1v) is 6.32. The van der Waals surface area contributed by atoms with Crippen LogP contribution >= 0.6 is 11.6 Å². The predicted octanol–water partition coefficient (Wildman–Crippen LogP) is 3.10. The van der Waals surface area contributed by atoms with Crippen molar-refractivity contribution in [2.75, 3.05) is 11.9 Å². The average molecular weight is 276 g/mol. The molecule has 0 aliphatic heterocycles. The van der Waals surface area contributed by atoms with Gasteiger partial charge in [0.15, 0.2) is 0 Å². The summed E-state index contributed by atoms with van der Waals surface area (Å²) in [6.07, 6.45) is 2.33. The number of carbonyl (C=O) groups is 1. The summed E-state index contributed by atoms with van der Waals surface area (Å²) in [4.78, 5) is 15.6. The number of pyridine rings is 1. The number of nitrogens with one attached hydrogen (secondary N) is 2. The van der Waals surface area contributed by atoms with E-state index in [0.717, 1.165) is 6.42 Å². The van der Waals surface area contributed by atoms with E-state index in [1.807, 2.05) is 30.3 Å². The van der Waals surface area contributed by atoms with Gasteiger partial charge in [0.2, 0.25) is 0 Å². The van der Waals surface area contributed by atoms with Gasteiger partial charge in [0.1, 0.15) is 5.82 Å². The molecular weight excluding hydrogens is 262 g/mol. The monoisotopic (exact) mass is 275 g/mol. The third-order valence-corrected chi connectivity index (χ3v) is 2.74. The van der Waals surface area contributed by atoms with E-state index in [2.05, 4.69) is 15.6 Å². The van der Waals surface area contributed by atoms with E-state index in [4.69, 9.17) is 11.6 Å². The van der Waals surface area contributed by atoms with Crippen LogP contribution < -0.4 is 10.6 Å². The van der Waals surface area contributed by atoms with Gasteiger partial charge in [-0.2, -0.15) is 0 Å². The molecule has 0 bridgehead atoms. The van der Waals surface area contributed by atoms with Gasteiger partial charge in [-0.05, 0) is 24.1 Å². The Labute approximate surface area is 116 Å². The molecule has 1 heterocycles. The summed E-state index contributed by atoms with van der Waals surface area (Å²) in [5.74, 6) is 0.435. The van der Waals surface area contributed by atoms with Crippen LogP contribution in [-0.4, -0.2) is 17.6 Å². The molecule has 0 aliphatic rings. The first-order valence-electron chi connectivity index (χ1n) is 5.94. The Kier molecular flexibility index (Phi) is 4.75. The zero-order chi connectivity index (χ0) is 13.5. The van der Waals surface area contributed by atoms with Crippen molar-refractivity contribution in [2.24, 2.45) is 0 Å². The van der Waals surface area contributed by atoms with Gasteiger partial charge in [-0.1, -0.05) is 41.9 Å². The maximum atomic E-state index is 11.6. The Morgan fingerprint density at radius 2 is 2.00 bits per heavy atom. The van der Waals surface area contributed by atoms with Crippen molar-refractivity contribution in [1.82, 2.24) is 10.3 Å². The highest BCUT2D eigenvalue weighted by Crippen LogP contribution is 2.11. The highest BCUT2D eigenvalue weighted by molar-refractivity contribution is 6.30. The molecule has 0 saturated carbocycles. The van der Waals surface area contributed by atoms with Gasteiger partial charge in [-0.3, -0.25) is 5.32 Å². The van der Waals surface area contributed by atoms with Crippen LogP contribution in [0.15, 0.2) is 48.7 Å². The third-order valence-electron chi connectivity index (χ3n) is 2.51. The lowest BCUT2D eigenvalue weighted by atomic mass is 10.1. The smallest absolute Gasteiger partial charge is 0.320 e. The van der Waals surface area contributed by atoms with Crippen LogP contribution in [0.2, 0.25) is 5.02 Å². The Balaban J connectivity index is 1.76. The number of urea groups is 1. The van der Waals surface area contributed by atoms with Crippen molar-refractivity contribution in [2.45, 2.75) is 6.42 Å². The molecule has 2 amide bonds. The zero-order valence-electron chi connectivity index (χ0n) is 10.3. The normalized spacial score (nSPS) is 9.95. The zero-order valence-corrected chi connectivity index (χ0v) is 11.0. The third kappa shape index (κ3) is 4.60. The number of hydrogen-bond acceptors (Lipinski definition) is 2. The molecule has 19 heavy (non-hydrogen) atoms. The summed E-state index contributed by atoms with van der Waals surface area (Å²) in [5.41, 5.74) is 1.18. The molecule has 0 radical (unpaired) electrons. The van der Waals surface area contributed by atoms with Gasteiger partial charge in [-0.25, -0.2) is 9.78 Å². The molecule has 1 aromatic heterocycles. The van der Waals surface area contributed by atoms with E-state index in [0.29, 0.717) is 17.4 Å². The second kappa shape index (κ2) is 6.75. The number of hydrogen-bond donors (Lipinski definition) is 2. The number of carbonyl (C=O) groups excluding carboxylic acids is 1. The van der Waals surface area contributed by atoms with Crippen molar-refractivity contribution in [1.29, 1.82) is 0 Å². The van der Waals surface area contributed by atoms with Crippen LogP contribution in [0.3, 0.4) is 0 Å². The van der Waals surface area contributed by atoms with Gasteiger partial charge in [0, 0.05) is 17.8 Å². The van der Waals surface area contributed by atoms with Crippen LogP contribution in [0.25, 0.3) is 0 Å². The molecule has 0 fully saturated rings. The largest absolute Gasteiger partial charge is 0.337 e. The van der Waals surface area contributed by atoms with Crippen molar-refractivity contribution in [3.05, 3.63) is 59.2 Å². The molecule has 98 valence electrons.